The third-order valence-electron chi connectivity index (χ3n) is 4.08. The number of amides is 1. The number of carbonyl (C=O) groups is 2. The van der Waals surface area contributed by atoms with Crippen LogP contribution in [0.4, 0.5) is 0 Å². The van der Waals surface area contributed by atoms with Gasteiger partial charge in [0.2, 0.25) is 0 Å². The van der Waals surface area contributed by atoms with Gasteiger partial charge in [-0.3, -0.25) is 9.78 Å². The second-order valence-electron chi connectivity index (χ2n) is 5.97. The number of aryl methyl sites for hydroxylation is 1. The van der Waals surface area contributed by atoms with E-state index in [0.29, 0.717) is 11.6 Å². The number of hydrogen-bond acceptors (Lipinski definition) is 5. The highest BCUT2D eigenvalue weighted by Gasteiger charge is 2.26. The summed E-state index contributed by atoms with van der Waals surface area (Å²) in [6.07, 6.45) is 6.45. The van der Waals surface area contributed by atoms with Crippen molar-refractivity contribution in [3.63, 3.8) is 0 Å². The lowest BCUT2D eigenvalue weighted by Crippen LogP contribution is -2.46. The molecule has 6 nitrogen and oxygen atoms in total. The maximum absolute atomic E-state index is 12.2. The van der Waals surface area contributed by atoms with Crippen molar-refractivity contribution in [3.05, 3.63) is 23.8 Å². The molecule has 1 saturated carbocycles. The molecule has 1 heterocycles. The lowest BCUT2D eigenvalue weighted by Gasteiger charge is -2.30. The van der Waals surface area contributed by atoms with Gasteiger partial charge in [0.15, 0.2) is 11.8 Å². The molecule has 0 radical (unpaired) electrons. The standard InChI is InChI=1S/C16H23N3O3/c1-10-6-4-5-7-13(10)19-15(20)12(3)22-16(21)14-9-17-11(2)8-18-14/h8-10,12-13H,4-7H2,1-3H3,(H,19,20). The Hall–Kier alpha value is -1.98. The van der Waals surface area contributed by atoms with Crippen LogP contribution in [0.1, 0.15) is 55.7 Å². The minimum absolute atomic E-state index is 0.108. The summed E-state index contributed by atoms with van der Waals surface area (Å²) in [7, 11) is 0. The van der Waals surface area contributed by atoms with Crippen LogP contribution < -0.4 is 5.32 Å². The highest BCUT2D eigenvalue weighted by Crippen LogP contribution is 2.23. The number of carbonyl (C=O) groups excluding carboxylic acids is 2. The minimum Gasteiger partial charge on any atom is -0.448 e. The molecular weight excluding hydrogens is 282 g/mol. The third-order valence-corrected chi connectivity index (χ3v) is 4.08. The van der Waals surface area contributed by atoms with Gasteiger partial charge in [-0.15, -0.1) is 0 Å². The summed E-state index contributed by atoms with van der Waals surface area (Å²) in [5.74, 6) is -0.428. The van der Waals surface area contributed by atoms with Crippen LogP contribution in [-0.2, 0) is 9.53 Å². The van der Waals surface area contributed by atoms with E-state index in [2.05, 4.69) is 22.2 Å². The van der Waals surface area contributed by atoms with Crippen LogP contribution in [0.3, 0.4) is 0 Å². The minimum atomic E-state index is -0.843. The Morgan fingerprint density at radius 3 is 2.64 bits per heavy atom. The molecule has 1 aliphatic carbocycles. The van der Waals surface area contributed by atoms with Gasteiger partial charge in [-0.2, -0.15) is 0 Å². The Balaban J connectivity index is 1.87. The first-order valence-electron chi connectivity index (χ1n) is 7.77. The Labute approximate surface area is 130 Å². The summed E-state index contributed by atoms with van der Waals surface area (Å²) in [6.45, 7) is 5.49. The Kier molecular flexibility index (Phi) is 5.46. The Morgan fingerprint density at radius 2 is 2.00 bits per heavy atom. The van der Waals surface area contributed by atoms with E-state index in [1.54, 1.807) is 13.8 Å². The summed E-state index contributed by atoms with van der Waals surface area (Å²) in [5, 5.41) is 2.98. The molecule has 1 aromatic heterocycles. The Morgan fingerprint density at radius 1 is 1.27 bits per heavy atom. The molecule has 1 fully saturated rings. The van der Waals surface area contributed by atoms with Crippen LogP contribution in [0, 0.1) is 12.8 Å². The van der Waals surface area contributed by atoms with Crippen molar-refractivity contribution in [2.45, 2.75) is 58.6 Å². The zero-order valence-corrected chi connectivity index (χ0v) is 13.3. The summed E-state index contributed by atoms with van der Waals surface area (Å²) in [6, 6.07) is 0.168. The number of aromatic nitrogens is 2. The molecule has 22 heavy (non-hydrogen) atoms. The van der Waals surface area contributed by atoms with E-state index in [-0.39, 0.29) is 17.6 Å². The van der Waals surface area contributed by atoms with Gasteiger partial charge in [0, 0.05) is 12.2 Å². The van der Waals surface area contributed by atoms with Crippen molar-refractivity contribution in [1.82, 2.24) is 15.3 Å². The molecule has 0 saturated heterocycles. The fourth-order valence-electron chi connectivity index (χ4n) is 2.60. The van der Waals surface area contributed by atoms with Gasteiger partial charge < -0.3 is 10.1 Å². The summed E-state index contributed by atoms with van der Waals surface area (Å²) < 4.78 is 5.16. The lowest BCUT2D eigenvalue weighted by atomic mass is 9.86. The summed E-state index contributed by atoms with van der Waals surface area (Å²) in [5.41, 5.74) is 0.824. The molecule has 0 bridgehead atoms. The van der Waals surface area contributed by atoms with E-state index in [1.165, 1.54) is 18.8 Å². The van der Waals surface area contributed by atoms with Crippen LogP contribution in [0.2, 0.25) is 0 Å². The van der Waals surface area contributed by atoms with E-state index >= 15 is 0 Å². The van der Waals surface area contributed by atoms with E-state index in [0.717, 1.165) is 19.3 Å². The molecule has 3 unspecified atom stereocenters. The zero-order chi connectivity index (χ0) is 16.1. The number of rotatable bonds is 4. The molecule has 0 aromatic carbocycles. The number of nitrogens with zero attached hydrogens (tertiary/aromatic N) is 2. The van der Waals surface area contributed by atoms with Crippen LogP contribution >= 0.6 is 0 Å². The largest absolute Gasteiger partial charge is 0.448 e. The molecule has 120 valence electrons. The second-order valence-corrected chi connectivity index (χ2v) is 5.97. The van der Waals surface area contributed by atoms with E-state index in [4.69, 9.17) is 4.74 Å². The molecule has 1 N–H and O–H groups in total. The number of hydrogen-bond donors (Lipinski definition) is 1. The van der Waals surface area contributed by atoms with Gasteiger partial charge in [0.05, 0.1) is 11.9 Å². The van der Waals surface area contributed by atoms with Gasteiger partial charge in [0.25, 0.3) is 5.91 Å². The van der Waals surface area contributed by atoms with Crippen molar-refractivity contribution in [1.29, 1.82) is 0 Å². The predicted molar refractivity (Wildman–Crippen MR) is 81.2 cm³/mol. The molecule has 3 atom stereocenters. The van der Waals surface area contributed by atoms with Gasteiger partial charge in [-0.05, 0) is 32.6 Å². The monoisotopic (exact) mass is 305 g/mol. The van der Waals surface area contributed by atoms with Crippen molar-refractivity contribution < 1.29 is 14.3 Å². The molecule has 6 heteroatoms. The van der Waals surface area contributed by atoms with Gasteiger partial charge in [-0.25, -0.2) is 9.78 Å². The fourth-order valence-corrected chi connectivity index (χ4v) is 2.60. The Bertz CT molecular complexity index is 530. The number of esters is 1. The molecule has 1 amide bonds. The highest BCUT2D eigenvalue weighted by molar-refractivity contribution is 5.90. The second kappa shape index (κ2) is 7.33. The average molecular weight is 305 g/mol. The van der Waals surface area contributed by atoms with Crippen molar-refractivity contribution in [2.24, 2.45) is 5.92 Å². The van der Waals surface area contributed by atoms with Crippen molar-refractivity contribution in [3.8, 4) is 0 Å². The number of nitrogens with one attached hydrogen (secondary N) is 1. The smallest absolute Gasteiger partial charge is 0.359 e. The predicted octanol–water partition coefficient (Wildman–Crippen LogP) is 2.03. The molecule has 1 aliphatic rings. The topological polar surface area (TPSA) is 81.2 Å². The van der Waals surface area contributed by atoms with Crippen molar-refractivity contribution >= 4 is 11.9 Å². The molecule has 1 aromatic rings. The van der Waals surface area contributed by atoms with E-state index < -0.39 is 12.1 Å². The highest BCUT2D eigenvalue weighted by atomic mass is 16.5. The summed E-state index contributed by atoms with van der Waals surface area (Å²) in [4.78, 5) is 32.0. The lowest BCUT2D eigenvalue weighted by molar-refractivity contribution is -0.130. The maximum Gasteiger partial charge on any atom is 0.359 e. The van der Waals surface area contributed by atoms with Gasteiger partial charge >= 0.3 is 5.97 Å². The first-order valence-corrected chi connectivity index (χ1v) is 7.77. The number of ether oxygens (including phenoxy) is 1. The molecule has 0 aliphatic heterocycles. The van der Waals surface area contributed by atoms with Gasteiger partial charge in [-0.1, -0.05) is 19.8 Å². The van der Waals surface area contributed by atoms with E-state index in [9.17, 15) is 9.59 Å². The maximum atomic E-state index is 12.2. The SMILES string of the molecule is Cc1cnc(C(=O)OC(C)C(=O)NC2CCCCC2C)cn1. The molecule has 2 rings (SSSR count). The average Bonchev–Trinajstić information content (AvgIpc) is 2.50. The van der Waals surface area contributed by atoms with Crippen LogP contribution in [0.15, 0.2) is 12.4 Å². The van der Waals surface area contributed by atoms with Crippen LogP contribution in [-0.4, -0.2) is 34.0 Å². The van der Waals surface area contributed by atoms with Crippen molar-refractivity contribution in [2.75, 3.05) is 0 Å². The fraction of sp³-hybridized carbons (Fsp3) is 0.625. The van der Waals surface area contributed by atoms with Crippen LogP contribution in [0.5, 0.6) is 0 Å². The normalized spacial score (nSPS) is 22.7. The quantitative estimate of drug-likeness (QED) is 0.861. The first-order chi connectivity index (χ1) is 10.5. The third kappa shape index (κ3) is 4.26. The summed E-state index contributed by atoms with van der Waals surface area (Å²) >= 11 is 0. The van der Waals surface area contributed by atoms with E-state index in [1.807, 2.05) is 0 Å². The molecule has 0 spiro atoms. The van der Waals surface area contributed by atoms with Crippen LogP contribution in [0.25, 0.3) is 0 Å². The zero-order valence-electron chi connectivity index (χ0n) is 13.3. The molecular formula is C16H23N3O3. The first kappa shape index (κ1) is 16.4. The van der Waals surface area contributed by atoms with Gasteiger partial charge in [0.1, 0.15) is 0 Å².